The van der Waals surface area contributed by atoms with Crippen LogP contribution in [0.15, 0.2) is 36.7 Å². The molecule has 2 rings (SSSR count). The van der Waals surface area contributed by atoms with Gasteiger partial charge in [0.1, 0.15) is 0 Å². The highest BCUT2D eigenvalue weighted by Gasteiger charge is 1.94. The van der Waals surface area contributed by atoms with Gasteiger partial charge in [0.15, 0.2) is 6.29 Å². The summed E-state index contributed by atoms with van der Waals surface area (Å²) in [5, 5.41) is 0. The molecule has 0 N–H and O–H groups in total. The van der Waals surface area contributed by atoms with E-state index >= 15 is 0 Å². The minimum Gasteiger partial charge on any atom is -0.323 e. The lowest BCUT2D eigenvalue weighted by atomic mass is 10.3. The smallest absolute Gasteiger partial charge is 0.151 e. The van der Waals surface area contributed by atoms with Gasteiger partial charge < -0.3 is 4.40 Å². The summed E-state index contributed by atoms with van der Waals surface area (Å²) in [6, 6.07) is 7.70. The SMILES string of the molecule is O=Cc1cc2ccccn2c1. The normalized spacial score (nSPS) is 10.2. The molecule has 0 aliphatic heterocycles. The molecule has 2 heteroatoms. The van der Waals surface area contributed by atoms with E-state index in [9.17, 15) is 4.79 Å². The standard InChI is InChI=1S/C9H7NO/c11-7-8-5-9-3-1-2-4-10(9)6-8/h1-7H. The molecule has 2 heterocycles. The molecule has 0 radical (unpaired) electrons. The summed E-state index contributed by atoms with van der Waals surface area (Å²) in [5.74, 6) is 0. The first kappa shape index (κ1) is 6.16. The number of carbonyl (C=O) groups is 1. The summed E-state index contributed by atoms with van der Waals surface area (Å²) in [6.07, 6.45) is 4.58. The second kappa shape index (κ2) is 2.23. The Morgan fingerprint density at radius 1 is 1.36 bits per heavy atom. The summed E-state index contributed by atoms with van der Waals surface area (Å²) in [5.41, 5.74) is 1.77. The van der Waals surface area contributed by atoms with Crippen molar-refractivity contribution in [2.45, 2.75) is 0 Å². The zero-order valence-electron chi connectivity index (χ0n) is 5.90. The Labute approximate surface area is 64.1 Å². The van der Waals surface area contributed by atoms with Crippen LogP contribution >= 0.6 is 0 Å². The van der Waals surface area contributed by atoms with Crippen LogP contribution in [0, 0.1) is 0 Å². The number of hydrogen-bond donors (Lipinski definition) is 0. The van der Waals surface area contributed by atoms with Crippen molar-refractivity contribution in [3.63, 3.8) is 0 Å². The molecule has 0 atom stereocenters. The highest BCUT2D eigenvalue weighted by molar-refractivity contribution is 5.78. The fraction of sp³-hybridized carbons (Fsp3) is 0. The van der Waals surface area contributed by atoms with Gasteiger partial charge in [-0.05, 0) is 18.2 Å². The maximum atomic E-state index is 10.4. The maximum absolute atomic E-state index is 10.4. The molecule has 0 fully saturated rings. The molecule has 2 aromatic heterocycles. The van der Waals surface area contributed by atoms with Crippen molar-refractivity contribution in [1.29, 1.82) is 0 Å². The Bertz CT molecular complexity index is 356. The topological polar surface area (TPSA) is 21.5 Å². The van der Waals surface area contributed by atoms with Crippen molar-refractivity contribution in [3.8, 4) is 0 Å². The molecule has 0 saturated heterocycles. The summed E-state index contributed by atoms with van der Waals surface area (Å²) < 4.78 is 1.92. The van der Waals surface area contributed by atoms with E-state index in [1.807, 2.05) is 41.1 Å². The predicted molar refractivity (Wildman–Crippen MR) is 42.8 cm³/mol. The van der Waals surface area contributed by atoms with Crippen LogP contribution in [0.1, 0.15) is 10.4 Å². The number of hydrogen-bond acceptors (Lipinski definition) is 1. The third-order valence-electron chi connectivity index (χ3n) is 1.66. The lowest BCUT2D eigenvalue weighted by Gasteiger charge is -1.88. The Morgan fingerprint density at radius 3 is 3.00 bits per heavy atom. The average molecular weight is 145 g/mol. The Hall–Kier alpha value is -1.57. The van der Waals surface area contributed by atoms with Crippen molar-refractivity contribution < 1.29 is 4.79 Å². The van der Waals surface area contributed by atoms with Crippen LogP contribution in [0.4, 0.5) is 0 Å². The number of carbonyl (C=O) groups excluding carboxylic acids is 1. The second-order valence-electron chi connectivity index (χ2n) is 2.42. The molecule has 0 spiro atoms. The van der Waals surface area contributed by atoms with Crippen molar-refractivity contribution in [2.75, 3.05) is 0 Å². The van der Waals surface area contributed by atoms with Gasteiger partial charge >= 0.3 is 0 Å². The number of aldehydes is 1. The van der Waals surface area contributed by atoms with Crippen molar-refractivity contribution in [1.82, 2.24) is 4.40 Å². The summed E-state index contributed by atoms with van der Waals surface area (Å²) in [7, 11) is 0. The van der Waals surface area contributed by atoms with Gasteiger partial charge in [-0.2, -0.15) is 0 Å². The third-order valence-corrected chi connectivity index (χ3v) is 1.66. The van der Waals surface area contributed by atoms with Crippen molar-refractivity contribution in [3.05, 3.63) is 42.2 Å². The Morgan fingerprint density at radius 2 is 2.27 bits per heavy atom. The summed E-state index contributed by atoms with van der Waals surface area (Å²) in [6.45, 7) is 0. The third kappa shape index (κ3) is 0.923. The predicted octanol–water partition coefficient (Wildman–Crippen LogP) is 1.75. The van der Waals surface area contributed by atoms with Crippen molar-refractivity contribution in [2.24, 2.45) is 0 Å². The maximum Gasteiger partial charge on any atom is 0.151 e. The molecule has 2 aromatic rings. The van der Waals surface area contributed by atoms with E-state index in [1.54, 1.807) is 0 Å². The van der Waals surface area contributed by atoms with Crippen LogP contribution in [-0.4, -0.2) is 10.7 Å². The van der Waals surface area contributed by atoms with E-state index < -0.39 is 0 Å². The van der Waals surface area contributed by atoms with E-state index in [1.165, 1.54) is 0 Å². The molecule has 54 valence electrons. The Balaban J connectivity index is 2.78. The number of rotatable bonds is 1. The fourth-order valence-electron chi connectivity index (χ4n) is 1.14. The molecular weight excluding hydrogens is 138 g/mol. The van der Waals surface area contributed by atoms with Gasteiger partial charge in [0.25, 0.3) is 0 Å². The number of nitrogens with zero attached hydrogens (tertiary/aromatic N) is 1. The van der Waals surface area contributed by atoms with Crippen LogP contribution < -0.4 is 0 Å². The molecule has 0 bridgehead atoms. The zero-order valence-corrected chi connectivity index (χ0v) is 5.90. The average Bonchev–Trinajstić information content (AvgIpc) is 2.46. The van der Waals surface area contributed by atoms with Gasteiger partial charge in [-0.25, -0.2) is 0 Å². The molecule has 0 aliphatic rings. The monoisotopic (exact) mass is 145 g/mol. The van der Waals surface area contributed by atoms with E-state index in [-0.39, 0.29) is 0 Å². The first-order chi connectivity index (χ1) is 5.40. The molecule has 0 saturated carbocycles. The summed E-state index contributed by atoms with van der Waals surface area (Å²) in [4.78, 5) is 10.4. The van der Waals surface area contributed by atoms with Gasteiger partial charge in [-0.15, -0.1) is 0 Å². The van der Waals surface area contributed by atoms with Gasteiger partial charge in [0.05, 0.1) is 0 Å². The largest absolute Gasteiger partial charge is 0.323 e. The van der Waals surface area contributed by atoms with Gasteiger partial charge in [0.2, 0.25) is 0 Å². The van der Waals surface area contributed by atoms with Gasteiger partial charge in [0, 0.05) is 23.5 Å². The lowest BCUT2D eigenvalue weighted by Crippen LogP contribution is -1.76. The second-order valence-corrected chi connectivity index (χ2v) is 2.42. The van der Waals surface area contributed by atoms with Crippen LogP contribution in [0.3, 0.4) is 0 Å². The van der Waals surface area contributed by atoms with Gasteiger partial charge in [-0.3, -0.25) is 4.79 Å². The number of fused-ring (bicyclic) bond motifs is 1. The van der Waals surface area contributed by atoms with E-state index in [4.69, 9.17) is 0 Å². The first-order valence-corrected chi connectivity index (χ1v) is 3.42. The lowest BCUT2D eigenvalue weighted by molar-refractivity contribution is 0.112. The molecule has 0 amide bonds. The minimum atomic E-state index is 0.719. The highest BCUT2D eigenvalue weighted by Crippen LogP contribution is 2.06. The summed E-state index contributed by atoms with van der Waals surface area (Å²) >= 11 is 0. The van der Waals surface area contributed by atoms with E-state index in [0.29, 0.717) is 0 Å². The van der Waals surface area contributed by atoms with Crippen molar-refractivity contribution >= 4 is 11.8 Å². The minimum absolute atomic E-state index is 0.719. The molecule has 11 heavy (non-hydrogen) atoms. The molecule has 0 aliphatic carbocycles. The number of aromatic nitrogens is 1. The molecular formula is C9H7NO. The first-order valence-electron chi connectivity index (χ1n) is 3.42. The van der Waals surface area contributed by atoms with Crippen LogP contribution in [0.2, 0.25) is 0 Å². The molecule has 2 nitrogen and oxygen atoms in total. The Kier molecular flexibility index (Phi) is 1.25. The highest BCUT2D eigenvalue weighted by atomic mass is 16.1. The van der Waals surface area contributed by atoms with E-state index in [0.717, 1.165) is 17.4 Å². The fourth-order valence-corrected chi connectivity index (χ4v) is 1.14. The molecule has 0 aromatic carbocycles. The quantitative estimate of drug-likeness (QED) is 0.560. The van der Waals surface area contributed by atoms with Crippen LogP contribution in [0.25, 0.3) is 5.52 Å². The zero-order chi connectivity index (χ0) is 7.68. The molecule has 0 unspecified atom stereocenters. The van der Waals surface area contributed by atoms with E-state index in [2.05, 4.69) is 0 Å². The number of pyridine rings is 1. The van der Waals surface area contributed by atoms with Gasteiger partial charge in [-0.1, -0.05) is 6.07 Å². The van der Waals surface area contributed by atoms with Crippen LogP contribution in [-0.2, 0) is 0 Å². The van der Waals surface area contributed by atoms with Crippen LogP contribution in [0.5, 0.6) is 0 Å².